The standard InChI is InChI=1S/C34H30S/c1-6-9-23(5)34-24(7-2)21-33(35-34)30-11-8-10-26(20-30)27-15-17-32-29(19-27)13-12-28-18-25(22(3)4)14-16-31(28)32/h6-22H,1-2H2,3-5H3. The maximum Gasteiger partial charge on any atom is 0.0378 e. The second-order valence-electron chi connectivity index (χ2n) is 9.40. The van der Waals surface area contributed by atoms with Gasteiger partial charge in [-0.1, -0.05) is 106 Å². The summed E-state index contributed by atoms with van der Waals surface area (Å²) in [5, 5.41) is 5.21. The fraction of sp³-hybridized carbons (Fsp3) is 0.118. The number of fused-ring (bicyclic) bond motifs is 3. The van der Waals surface area contributed by atoms with Crippen LogP contribution in [0.3, 0.4) is 0 Å². The molecule has 0 bridgehead atoms. The maximum absolute atomic E-state index is 4.02. The van der Waals surface area contributed by atoms with E-state index in [9.17, 15) is 0 Å². The van der Waals surface area contributed by atoms with Gasteiger partial charge in [0.1, 0.15) is 0 Å². The molecule has 0 aliphatic carbocycles. The highest BCUT2D eigenvalue weighted by molar-refractivity contribution is 7.16. The molecule has 35 heavy (non-hydrogen) atoms. The van der Waals surface area contributed by atoms with Crippen molar-refractivity contribution in [2.45, 2.75) is 26.7 Å². The van der Waals surface area contributed by atoms with E-state index in [0.29, 0.717) is 5.92 Å². The third kappa shape index (κ3) is 4.40. The zero-order valence-electron chi connectivity index (χ0n) is 20.6. The Morgan fingerprint density at radius 2 is 1.46 bits per heavy atom. The molecule has 0 aliphatic rings. The molecule has 0 saturated carbocycles. The molecule has 4 aromatic carbocycles. The highest BCUT2D eigenvalue weighted by Gasteiger charge is 2.11. The van der Waals surface area contributed by atoms with Gasteiger partial charge in [0.25, 0.3) is 0 Å². The van der Waals surface area contributed by atoms with Crippen molar-refractivity contribution in [1.82, 2.24) is 0 Å². The van der Waals surface area contributed by atoms with Crippen LogP contribution in [0.4, 0.5) is 0 Å². The van der Waals surface area contributed by atoms with E-state index in [0.717, 1.165) is 0 Å². The number of hydrogen-bond donors (Lipinski definition) is 0. The SMILES string of the molecule is C=CC=C(C)c1sc(-c2cccc(-c3ccc4c(ccc5cc(C(C)C)ccc54)c3)c2)cc1C=C. The Morgan fingerprint density at radius 1 is 0.771 bits per heavy atom. The molecule has 0 aliphatic heterocycles. The summed E-state index contributed by atoms with van der Waals surface area (Å²) in [4.78, 5) is 2.50. The van der Waals surface area contributed by atoms with Gasteiger partial charge in [-0.3, -0.25) is 0 Å². The van der Waals surface area contributed by atoms with Crippen molar-refractivity contribution in [2.24, 2.45) is 0 Å². The Morgan fingerprint density at radius 3 is 2.17 bits per heavy atom. The van der Waals surface area contributed by atoms with Gasteiger partial charge < -0.3 is 0 Å². The van der Waals surface area contributed by atoms with E-state index in [-0.39, 0.29) is 0 Å². The molecule has 0 unspecified atom stereocenters. The first kappa shape index (κ1) is 23.1. The molecule has 1 heterocycles. The molecule has 5 aromatic rings. The Bertz CT molecular complexity index is 1610. The smallest absolute Gasteiger partial charge is 0.0378 e. The van der Waals surface area contributed by atoms with Gasteiger partial charge in [0.15, 0.2) is 0 Å². The van der Waals surface area contributed by atoms with Gasteiger partial charge in [-0.2, -0.15) is 0 Å². The van der Waals surface area contributed by atoms with Crippen LogP contribution < -0.4 is 0 Å². The number of benzene rings is 4. The Hall–Kier alpha value is -3.68. The van der Waals surface area contributed by atoms with Crippen LogP contribution in [0.25, 0.3) is 54.8 Å². The fourth-order valence-corrected chi connectivity index (χ4v) is 5.88. The molecule has 0 nitrogen and oxygen atoms in total. The fourth-order valence-electron chi connectivity index (χ4n) is 4.74. The van der Waals surface area contributed by atoms with Crippen LogP contribution in [0, 0.1) is 0 Å². The van der Waals surface area contributed by atoms with E-state index >= 15 is 0 Å². The summed E-state index contributed by atoms with van der Waals surface area (Å²) in [6, 6.07) is 29.3. The predicted molar refractivity (Wildman–Crippen MR) is 158 cm³/mol. The summed E-state index contributed by atoms with van der Waals surface area (Å²) < 4.78 is 0. The summed E-state index contributed by atoms with van der Waals surface area (Å²) in [7, 11) is 0. The van der Waals surface area contributed by atoms with Crippen LogP contribution in [0.2, 0.25) is 0 Å². The minimum absolute atomic E-state index is 0.536. The second kappa shape index (κ2) is 9.52. The number of rotatable bonds is 6. The topological polar surface area (TPSA) is 0 Å². The zero-order chi connectivity index (χ0) is 24.5. The molecule has 0 radical (unpaired) electrons. The van der Waals surface area contributed by atoms with Gasteiger partial charge >= 0.3 is 0 Å². The van der Waals surface area contributed by atoms with Crippen molar-refractivity contribution in [2.75, 3.05) is 0 Å². The summed E-state index contributed by atoms with van der Waals surface area (Å²) in [5.41, 5.74) is 7.47. The van der Waals surface area contributed by atoms with Gasteiger partial charge in [0, 0.05) is 9.75 Å². The van der Waals surface area contributed by atoms with Crippen molar-refractivity contribution < 1.29 is 0 Å². The van der Waals surface area contributed by atoms with Crippen LogP contribution in [-0.4, -0.2) is 0 Å². The number of allylic oxidation sites excluding steroid dienone is 3. The van der Waals surface area contributed by atoms with Gasteiger partial charge in [-0.05, 0) is 86.0 Å². The summed E-state index contributed by atoms with van der Waals surface area (Å²) in [5.74, 6) is 0.536. The highest BCUT2D eigenvalue weighted by Crippen LogP contribution is 2.38. The van der Waals surface area contributed by atoms with E-state index in [1.807, 2.05) is 23.5 Å². The maximum atomic E-state index is 4.02. The lowest BCUT2D eigenvalue weighted by molar-refractivity contribution is 0.869. The van der Waals surface area contributed by atoms with Crippen LogP contribution in [0.1, 0.15) is 42.7 Å². The lowest BCUT2D eigenvalue weighted by Gasteiger charge is -2.11. The first-order chi connectivity index (χ1) is 17.0. The molecule has 5 rings (SSSR count). The second-order valence-corrected chi connectivity index (χ2v) is 10.5. The quantitative estimate of drug-likeness (QED) is 0.171. The van der Waals surface area contributed by atoms with Crippen LogP contribution in [0.15, 0.2) is 104 Å². The van der Waals surface area contributed by atoms with E-state index < -0.39 is 0 Å². The predicted octanol–water partition coefficient (Wildman–Crippen LogP) is 10.7. The molecule has 0 spiro atoms. The van der Waals surface area contributed by atoms with Crippen molar-refractivity contribution >= 4 is 44.5 Å². The molecule has 1 aromatic heterocycles. The van der Waals surface area contributed by atoms with E-state index in [4.69, 9.17) is 0 Å². The lowest BCUT2D eigenvalue weighted by Crippen LogP contribution is -1.87. The Kier molecular flexibility index (Phi) is 6.28. The minimum Gasteiger partial charge on any atom is -0.135 e. The first-order valence-electron chi connectivity index (χ1n) is 12.1. The molecule has 0 atom stereocenters. The molecule has 0 fully saturated rings. The first-order valence-corrected chi connectivity index (χ1v) is 12.9. The van der Waals surface area contributed by atoms with Crippen molar-refractivity contribution in [3.05, 3.63) is 120 Å². The average Bonchev–Trinajstić information content (AvgIpc) is 3.33. The van der Waals surface area contributed by atoms with Crippen molar-refractivity contribution in [3.63, 3.8) is 0 Å². The minimum atomic E-state index is 0.536. The molecule has 172 valence electrons. The number of hydrogen-bond acceptors (Lipinski definition) is 1. The van der Waals surface area contributed by atoms with E-state index in [1.165, 1.54) is 64.7 Å². The summed E-state index contributed by atoms with van der Waals surface area (Å²) in [6.45, 7) is 14.5. The molecule has 0 amide bonds. The molecular weight excluding hydrogens is 440 g/mol. The van der Waals surface area contributed by atoms with Crippen LogP contribution >= 0.6 is 11.3 Å². The largest absolute Gasteiger partial charge is 0.135 e. The monoisotopic (exact) mass is 470 g/mol. The Balaban J connectivity index is 1.55. The molecular formula is C34H30S. The van der Waals surface area contributed by atoms with Gasteiger partial charge in [-0.25, -0.2) is 0 Å². The zero-order valence-corrected chi connectivity index (χ0v) is 21.5. The van der Waals surface area contributed by atoms with Crippen molar-refractivity contribution in [3.8, 4) is 21.6 Å². The third-order valence-electron chi connectivity index (χ3n) is 6.71. The highest BCUT2D eigenvalue weighted by atomic mass is 32.1. The Labute approximate surface area is 212 Å². The third-order valence-corrected chi connectivity index (χ3v) is 8.05. The normalized spacial score (nSPS) is 11.9. The van der Waals surface area contributed by atoms with Crippen LogP contribution in [-0.2, 0) is 0 Å². The van der Waals surface area contributed by atoms with Crippen LogP contribution in [0.5, 0.6) is 0 Å². The lowest BCUT2D eigenvalue weighted by atomic mass is 9.94. The van der Waals surface area contributed by atoms with Gasteiger partial charge in [0.2, 0.25) is 0 Å². The van der Waals surface area contributed by atoms with Crippen molar-refractivity contribution in [1.29, 1.82) is 0 Å². The van der Waals surface area contributed by atoms with E-state index in [1.54, 1.807) is 0 Å². The molecule has 0 saturated heterocycles. The van der Waals surface area contributed by atoms with Gasteiger partial charge in [-0.15, -0.1) is 11.3 Å². The van der Waals surface area contributed by atoms with E-state index in [2.05, 4.69) is 119 Å². The summed E-state index contributed by atoms with van der Waals surface area (Å²) in [6.07, 6.45) is 5.84. The summed E-state index contributed by atoms with van der Waals surface area (Å²) >= 11 is 1.81. The molecule has 0 N–H and O–H groups in total. The number of thiophene rings is 1. The van der Waals surface area contributed by atoms with Gasteiger partial charge in [0.05, 0.1) is 0 Å². The molecule has 1 heteroatoms. The average molecular weight is 471 g/mol.